The van der Waals surface area contributed by atoms with Crippen LogP contribution in [0.2, 0.25) is 0 Å². The molecule has 3 heteroatoms. The maximum Gasteiger partial charge on any atom is 0.116 e. The van der Waals surface area contributed by atoms with E-state index in [-0.39, 0.29) is 0 Å². The second kappa shape index (κ2) is 4.58. The SMILES string of the molecule is CON1CN(Cc2ccccc2)C(C)=C1C. The molecule has 0 aromatic heterocycles. The number of hydroxylamine groups is 2. The molecule has 0 N–H and O–H groups in total. The zero-order chi connectivity index (χ0) is 11.5. The molecule has 0 saturated carbocycles. The van der Waals surface area contributed by atoms with Gasteiger partial charge in [-0.2, -0.15) is 0 Å². The molecule has 3 nitrogen and oxygen atoms in total. The molecule has 16 heavy (non-hydrogen) atoms. The molecule has 0 aliphatic carbocycles. The van der Waals surface area contributed by atoms with E-state index in [4.69, 9.17) is 4.84 Å². The van der Waals surface area contributed by atoms with Crippen molar-refractivity contribution in [1.29, 1.82) is 0 Å². The monoisotopic (exact) mass is 218 g/mol. The molecule has 1 heterocycles. The first-order valence-corrected chi connectivity index (χ1v) is 5.50. The number of allylic oxidation sites excluding steroid dienone is 2. The molecule has 0 spiro atoms. The van der Waals surface area contributed by atoms with Gasteiger partial charge in [0.25, 0.3) is 0 Å². The van der Waals surface area contributed by atoms with Gasteiger partial charge in [-0.3, -0.25) is 4.84 Å². The highest BCUT2D eigenvalue weighted by molar-refractivity contribution is 5.18. The van der Waals surface area contributed by atoms with E-state index in [2.05, 4.69) is 43.0 Å². The fraction of sp³-hybridized carbons (Fsp3) is 0.385. The van der Waals surface area contributed by atoms with Gasteiger partial charge in [-0.25, -0.2) is 5.06 Å². The number of hydrogen-bond acceptors (Lipinski definition) is 3. The van der Waals surface area contributed by atoms with Gasteiger partial charge in [0, 0.05) is 12.2 Å². The van der Waals surface area contributed by atoms with Crippen LogP contribution in [0.4, 0.5) is 0 Å². The lowest BCUT2D eigenvalue weighted by atomic mass is 10.2. The van der Waals surface area contributed by atoms with E-state index in [1.54, 1.807) is 7.11 Å². The summed E-state index contributed by atoms with van der Waals surface area (Å²) in [6, 6.07) is 10.5. The Morgan fingerprint density at radius 1 is 1.12 bits per heavy atom. The van der Waals surface area contributed by atoms with Crippen LogP contribution in [0.15, 0.2) is 41.7 Å². The van der Waals surface area contributed by atoms with Crippen molar-refractivity contribution >= 4 is 0 Å². The fourth-order valence-electron chi connectivity index (χ4n) is 1.94. The summed E-state index contributed by atoms with van der Waals surface area (Å²) in [5.41, 5.74) is 3.80. The molecule has 1 aromatic carbocycles. The Balaban J connectivity index is 2.08. The van der Waals surface area contributed by atoms with Crippen molar-refractivity contribution in [3.05, 3.63) is 47.3 Å². The highest BCUT2D eigenvalue weighted by atomic mass is 16.7. The molecule has 1 aliphatic heterocycles. The summed E-state index contributed by atoms with van der Waals surface area (Å²) in [6.45, 7) is 5.97. The topological polar surface area (TPSA) is 15.7 Å². The second-order valence-corrected chi connectivity index (χ2v) is 4.06. The van der Waals surface area contributed by atoms with Gasteiger partial charge in [0.15, 0.2) is 0 Å². The summed E-state index contributed by atoms with van der Waals surface area (Å²) < 4.78 is 0. The zero-order valence-corrected chi connectivity index (χ0v) is 10.1. The van der Waals surface area contributed by atoms with Gasteiger partial charge in [0.05, 0.1) is 12.8 Å². The van der Waals surface area contributed by atoms with E-state index in [9.17, 15) is 0 Å². The maximum absolute atomic E-state index is 5.30. The van der Waals surface area contributed by atoms with Gasteiger partial charge in [0.2, 0.25) is 0 Å². The van der Waals surface area contributed by atoms with Crippen LogP contribution < -0.4 is 0 Å². The second-order valence-electron chi connectivity index (χ2n) is 4.06. The average molecular weight is 218 g/mol. The predicted molar refractivity (Wildman–Crippen MR) is 64.1 cm³/mol. The summed E-state index contributed by atoms with van der Waals surface area (Å²) in [5.74, 6) is 0. The summed E-state index contributed by atoms with van der Waals surface area (Å²) in [6.07, 6.45) is 0. The zero-order valence-electron chi connectivity index (χ0n) is 10.1. The Morgan fingerprint density at radius 3 is 2.38 bits per heavy atom. The van der Waals surface area contributed by atoms with Gasteiger partial charge >= 0.3 is 0 Å². The standard InChI is InChI=1S/C13H18N2O/c1-11-12(2)15(16-3)10-14(11)9-13-7-5-4-6-8-13/h4-8H,9-10H2,1-3H3. The highest BCUT2D eigenvalue weighted by Gasteiger charge is 2.22. The van der Waals surface area contributed by atoms with Crippen molar-refractivity contribution in [1.82, 2.24) is 9.96 Å². The minimum atomic E-state index is 0.809. The predicted octanol–water partition coefficient (Wildman–Crippen LogP) is 2.57. The first-order chi connectivity index (χ1) is 7.72. The molecule has 0 bridgehead atoms. The molecule has 86 valence electrons. The van der Waals surface area contributed by atoms with Crippen molar-refractivity contribution in [3.63, 3.8) is 0 Å². The lowest BCUT2D eigenvalue weighted by Crippen LogP contribution is -2.26. The Morgan fingerprint density at radius 2 is 1.81 bits per heavy atom. The summed E-state index contributed by atoms with van der Waals surface area (Å²) >= 11 is 0. The van der Waals surface area contributed by atoms with Crippen LogP contribution in [0.3, 0.4) is 0 Å². The first kappa shape index (κ1) is 11.0. The average Bonchev–Trinajstić information content (AvgIpc) is 2.58. The van der Waals surface area contributed by atoms with Crippen LogP contribution in [0.25, 0.3) is 0 Å². The summed E-state index contributed by atoms with van der Waals surface area (Å²) in [7, 11) is 1.71. The van der Waals surface area contributed by atoms with Crippen LogP contribution in [-0.2, 0) is 11.4 Å². The third-order valence-corrected chi connectivity index (χ3v) is 3.11. The van der Waals surface area contributed by atoms with Crippen LogP contribution in [0.1, 0.15) is 19.4 Å². The first-order valence-electron chi connectivity index (χ1n) is 5.50. The van der Waals surface area contributed by atoms with E-state index in [1.807, 2.05) is 11.1 Å². The van der Waals surface area contributed by atoms with Crippen LogP contribution in [0.5, 0.6) is 0 Å². The molecule has 0 amide bonds. The van der Waals surface area contributed by atoms with Crippen molar-refractivity contribution in [2.45, 2.75) is 20.4 Å². The molecule has 0 radical (unpaired) electrons. The maximum atomic E-state index is 5.30. The fourth-order valence-corrected chi connectivity index (χ4v) is 1.94. The smallest absolute Gasteiger partial charge is 0.116 e. The largest absolute Gasteiger partial charge is 0.349 e. The number of benzene rings is 1. The van der Waals surface area contributed by atoms with Crippen LogP contribution in [-0.4, -0.2) is 23.7 Å². The van der Waals surface area contributed by atoms with Gasteiger partial charge in [-0.15, -0.1) is 0 Å². The van der Waals surface area contributed by atoms with Crippen LogP contribution >= 0.6 is 0 Å². The normalized spacial score (nSPS) is 16.2. The Kier molecular flexibility index (Phi) is 3.15. The van der Waals surface area contributed by atoms with Gasteiger partial charge in [-0.05, 0) is 19.4 Å². The summed E-state index contributed by atoms with van der Waals surface area (Å²) in [5, 5.41) is 1.91. The van der Waals surface area contributed by atoms with E-state index >= 15 is 0 Å². The van der Waals surface area contributed by atoms with Crippen molar-refractivity contribution in [2.75, 3.05) is 13.8 Å². The van der Waals surface area contributed by atoms with Gasteiger partial charge < -0.3 is 4.90 Å². The quantitative estimate of drug-likeness (QED) is 0.775. The summed E-state index contributed by atoms with van der Waals surface area (Å²) in [4.78, 5) is 7.61. The molecular formula is C13H18N2O. The molecule has 0 saturated heterocycles. The molecular weight excluding hydrogens is 200 g/mol. The van der Waals surface area contributed by atoms with Gasteiger partial charge in [-0.1, -0.05) is 30.3 Å². The molecule has 0 unspecified atom stereocenters. The molecule has 0 atom stereocenters. The van der Waals surface area contributed by atoms with E-state index in [1.165, 1.54) is 17.0 Å². The van der Waals surface area contributed by atoms with Gasteiger partial charge in [0.1, 0.15) is 6.67 Å². The molecule has 1 aliphatic rings. The lowest BCUT2D eigenvalue weighted by molar-refractivity contribution is -0.109. The van der Waals surface area contributed by atoms with E-state index < -0.39 is 0 Å². The van der Waals surface area contributed by atoms with Crippen molar-refractivity contribution in [3.8, 4) is 0 Å². The van der Waals surface area contributed by atoms with Crippen molar-refractivity contribution in [2.24, 2.45) is 0 Å². The Bertz CT molecular complexity index is 386. The number of rotatable bonds is 3. The minimum absolute atomic E-state index is 0.809. The van der Waals surface area contributed by atoms with Crippen molar-refractivity contribution < 1.29 is 4.84 Å². The Labute approximate surface area is 96.9 Å². The van der Waals surface area contributed by atoms with Crippen LogP contribution in [0, 0.1) is 0 Å². The Hall–Kier alpha value is -1.48. The van der Waals surface area contributed by atoms with E-state index in [0.717, 1.165) is 13.2 Å². The molecule has 1 aromatic rings. The number of nitrogens with zero attached hydrogens (tertiary/aromatic N) is 2. The molecule has 2 rings (SSSR count). The lowest BCUT2D eigenvalue weighted by Gasteiger charge is -2.21. The third-order valence-electron chi connectivity index (χ3n) is 3.11. The minimum Gasteiger partial charge on any atom is -0.349 e. The molecule has 0 fully saturated rings. The number of hydrogen-bond donors (Lipinski definition) is 0. The van der Waals surface area contributed by atoms with E-state index in [0.29, 0.717) is 0 Å². The third kappa shape index (κ3) is 2.04. The highest BCUT2D eigenvalue weighted by Crippen LogP contribution is 2.24.